The zero-order valence-electron chi connectivity index (χ0n) is 20.4. The van der Waals surface area contributed by atoms with E-state index in [0.29, 0.717) is 12.3 Å². The van der Waals surface area contributed by atoms with Gasteiger partial charge in [0.1, 0.15) is 5.75 Å². The molecular formula is C29H30N4O3. The Morgan fingerprint density at radius 2 is 1.72 bits per heavy atom. The van der Waals surface area contributed by atoms with Crippen molar-refractivity contribution in [2.24, 2.45) is 0 Å². The Kier molecular flexibility index (Phi) is 7.40. The van der Waals surface area contributed by atoms with Gasteiger partial charge in [0.05, 0.1) is 31.2 Å². The molecular weight excluding hydrogens is 452 g/mol. The van der Waals surface area contributed by atoms with Gasteiger partial charge in [-0.2, -0.15) is 0 Å². The lowest BCUT2D eigenvalue weighted by Gasteiger charge is -2.26. The number of anilines is 2. The molecule has 1 fully saturated rings. The normalized spacial score (nSPS) is 13.9. The number of benzene rings is 3. The molecule has 0 radical (unpaired) electrons. The quantitative estimate of drug-likeness (QED) is 0.349. The predicted molar refractivity (Wildman–Crippen MR) is 144 cm³/mol. The lowest BCUT2D eigenvalue weighted by molar-refractivity contribution is 0.0336. The molecule has 7 heteroatoms. The number of hydrogen-bond acceptors (Lipinski definition) is 5. The maximum absolute atomic E-state index is 12.7. The van der Waals surface area contributed by atoms with Gasteiger partial charge in [0.2, 0.25) is 0 Å². The summed E-state index contributed by atoms with van der Waals surface area (Å²) in [6.07, 6.45) is 1.93. The second-order valence-electron chi connectivity index (χ2n) is 8.67. The summed E-state index contributed by atoms with van der Waals surface area (Å²) < 4.78 is 10.9. The summed E-state index contributed by atoms with van der Waals surface area (Å²) in [5, 5.41) is 7.90. The lowest BCUT2D eigenvalue weighted by Crippen LogP contribution is -2.35. The summed E-state index contributed by atoms with van der Waals surface area (Å²) in [6, 6.07) is 23.3. The highest BCUT2D eigenvalue weighted by molar-refractivity contribution is 6.09. The van der Waals surface area contributed by atoms with Crippen LogP contribution in [0, 0.1) is 0 Å². The number of nitrogens with zero attached hydrogens (tertiary/aromatic N) is 2. The predicted octanol–water partition coefficient (Wildman–Crippen LogP) is 5.78. The van der Waals surface area contributed by atoms with Gasteiger partial charge in [-0.15, -0.1) is 0 Å². The molecule has 0 saturated carbocycles. The average molecular weight is 483 g/mol. The van der Waals surface area contributed by atoms with Crippen LogP contribution in [0.1, 0.15) is 12.6 Å². The molecule has 0 unspecified atom stereocenters. The molecule has 1 saturated heterocycles. The summed E-state index contributed by atoms with van der Waals surface area (Å²) in [5.74, 6) is 0.772. The standard InChI is InChI=1S/C29H30N4O3/c1-2-36-24-11-9-22(10-12-24)31-29(34)32-28-14-13-25(26-5-3-4-6-27(26)28)21-7-8-23(30-19-21)20-33-15-17-35-18-16-33/h3-14,19H,2,15-18,20H2,1H3,(H2,31,32,34). The van der Waals surface area contributed by atoms with Gasteiger partial charge < -0.3 is 20.1 Å². The third-order valence-corrected chi connectivity index (χ3v) is 6.22. The Morgan fingerprint density at radius 1 is 0.944 bits per heavy atom. The number of carbonyl (C=O) groups is 1. The number of pyridine rings is 1. The molecule has 0 bridgehead atoms. The Labute approximate surface area is 211 Å². The molecule has 1 aliphatic rings. The second-order valence-corrected chi connectivity index (χ2v) is 8.67. The third kappa shape index (κ3) is 5.64. The number of rotatable bonds is 7. The number of ether oxygens (including phenoxy) is 2. The van der Waals surface area contributed by atoms with Crippen molar-refractivity contribution in [3.63, 3.8) is 0 Å². The van der Waals surface area contributed by atoms with Gasteiger partial charge in [-0.05, 0) is 54.3 Å². The van der Waals surface area contributed by atoms with Gasteiger partial charge in [0, 0.05) is 42.5 Å². The number of fused-ring (bicyclic) bond motifs is 1. The van der Waals surface area contributed by atoms with Gasteiger partial charge in [-0.25, -0.2) is 4.79 Å². The van der Waals surface area contributed by atoms with Gasteiger partial charge in [0.25, 0.3) is 0 Å². The summed E-state index contributed by atoms with van der Waals surface area (Å²) in [5.41, 5.74) is 4.61. The number of urea groups is 1. The van der Waals surface area contributed by atoms with E-state index >= 15 is 0 Å². The first-order chi connectivity index (χ1) is 17.7. The van der Waals surface area contributed by atoms with Gasteiger partial charge >= 0.3 is 6.03 Å². The first kappa shape index (κ1) is 23.8. The molecule has 4 aromatic rings. The highest BCUT2D eigenvalue weighted by atomic mass is 16.5. The summed E-state index contributed by atoms with van der Waals surface area (Å²) in [6.45, 7) is 6.81. The molecule has 2 amide bonds. The number of aromatic nitrogens is 1. The van der Waals surface area contributed by atoms with Gasteiger partial charge in [0.15, 0.2) is 0 Å². The topological polar surface area (TPSA) is 75.7 Å². The minimum atomic E-state index is -0.300. The van der Waals surface area contributed by atoms with E-state index < -0.39 is 0 Å². The van der Waals surface area contributed by atoms with E-state index in [9.17, 15) is 4.79 Å². The molecule has 1 aromatic heterocycles. The number of hydrogen-bond donors (Lipinski definition) is 2. The van der Waals surface area contributed by atoms with Crippen molar-refractivity contribution in [3.8, 4) is 16.9 Å². The molecule has 184 valence electrons. The van der Waals surface area contributed by atoms with Crippen LogP contribution >= 0.6 is 0 Å². The van der Waals surface area contributed by atoms with Crippen molar-refractivity contribution in [2.75, 3.05) is 43.5 Å². The molecule has 1 aliphatic heterocycles. The van der Waals surface area contributed by atoms with E-state index in [2.05, 4.69) is 33.7 Å². The van der Waals surface area contributed by atoms with Crippen LogP contribution in [0.2, 0.25) is 0 Å². The molecule has 2 N–H and O–H groups in total. The van der Waals surface area contributed by atoms with Crippen molar-refractivity contribution in [2.45, 2.75) is 13.5 Å². The fourth-order valence-corrected chi connectivity index (χ4v) is 4.41. The maximum Gasteiger partial charge on any atom is 0.323 e. The van der Waals surface area contributed by atoms with Gasteiger partial charge in [-0.1, -0.05) is 36.4 Å². The Morgan fingerprint density at radius 3 is 2.44 bits per heavy atom. The molecule has 0 atom stereocenters. The first-order valence-corrected chi connectivity index (χ1v) is 12.3. The van der Waals surface area contributed by atoms with E-state index in [-0.39, 0.29) is 6.03 Å². The van der Waals surface area contributed by atoms with Crippen molar-refractivity contribution >= 4 is 28.2 Å². The Balaban J connectivity index is 1.32. The van der Waals surface area contributed by atoms with E-state index in [0.717, 1.165) is 71.9 Å². The number of amides is 2. The lowest BCUT2D eigenvalue weighted by atomic mass is 9.98. The molecule has 2 heterocycles. The molecule has 3 aromatic carbocycles. The van der Waals surface area contributed by atoms with E-state index in [1.807, 2.05) is 67.7 Å². The van der Waals surface area contributed by atoms with Crippen molar-refractivity contribution < 1.29 is 14.3 Å². The monoisotopic (exact) mass is 482 g/mol. The largest absolute Gasteiger partial charge is 0.494 e. The van der Waals surface area contributed by atoms with Crippen LogP contribution in [0.4, 0.5) is 16.2 Å². The number of morpholine rings is 1. The zero-order valence-corrected chi connectivity index (χ0v) is 20.4. The molecule has 0 aliphatic carbocycles. The average Bonchev–Trinajstić information content (AvgIpc) is 2.91. The molecule has 5 rings (SSSR count). The van der Waals surface area contributed by atoms with Crippen LogP contribution in [0.5, 0.6) is 5.75 Å². The third-order valence-electron chi connectivity index (χ3n) is 6.22. The fraction of sp³-hybridized carbons (Fsp3) is 0.241. The zero-order chi connectivity index (χ0) is 24.7. The highest BCUT2D eigenvalue weighted by Gasteiger charge is 2.13. The Hall–Kier alpha value is -3.94. The molecule has 7 nitrogen and oxygen atoms in total. The smallest absolute Gasteiger partial charge is 0.323 e. The van der Waals surface area contributed by atoms with Crippen LogP contribution in [-0.2, 0) is 11.3 Å². The summed E-state index contributed by atoms with van der Waals surface area (Å²) in [4.78, 5) is 19.8. The van der Waals surface area contributed by atoms with Crippen molar-refractivity contribution in [1.29, 1.82) is 0 Å². The minimum absolute atomic E-state index is 0.300. The Bertz CT molecular complexity index is 1320. The molecule has 36 heavy (non-hydrogen) atoms. The van der Waals surface area contributed by atoms with E-state index in [1.54, 1.807) is 0 Å². The second kappa shape index (κ2) is 11.2. The highest BCUT2D eigenvalue weighted by Crippen LogP contribution is 2.33. The number of carbonyl (C=O) groups excluding carboxylic acids is 1. The van der Waals surface area contributed by atoms with Crippen LogP contribution in [0.3, 0.4) is 0 Å². The SMILES string of the molecule is CCOc1ccc(NC(=O)Nc2ccc(-c3ccc(CN4CCOCC4)nc3)c3ccccc23)cc1. The van der Waals surface area contributed by atoms with E-state index in [1.165, 1.54) is 0 Å². The van der Waals surface area contributed by atoms with E-state index in [4.69, 9.17) is 14.5 Å². The van der Waals surface area contributed by atoms with Gasteiger partial charge in [-0.3, -0.25) is 9.88 Å². The summed E-state index contributed by atoms with van der Waals surface area (Å²) in [7, 11) is 0. The minimum Gasteiger partial charge on any atom is -0.494 e. The van der Waals surface area contributed by atoms with Crippen molar-refractivity contribution in [1.82, 2.24) is 9.88 Å². The van der Waals surface area contributed by atoms with Crippen molar-refractivity contribution in [3.05, 3.63) is 84.7 Å². The van der Waals surface area contributed by atoms with Crippen LogP contribution in [0.15, 0.2) is 79.0 Å². The number of nitrogens with one attached hydrogen (secondary N) is 2. The maximum atomic E-state index is 12.7. The van der Waals surface area contributed by atoms with Crippen LogP contribution in [0.25, 0.3) is 21.9 Å². The fourth-order valence-electron chi connectivity index (χ4n) is 4.41. The van der Waals surface area contributed by atoms with Crippen LogP contribution < -0.4 is 15.4 Å². The van der Waals surface area contributed by atoms with Crippen LogP contribution in [-0.4, -0.2) is 48.8 Å². The molecule has 0 spiro atoms. The summed E-state index contributed by atoms with van der Waals surface area (Å²) >= 11 is 0. The first-order valence-electron chi connectivity index (χ1n) is 12.3.